The van der Waals surface area contributed by atoms with Crippen LogP contribution in [0.2, 0.25) is 0 Å². The first-order chi connectivity index (χ1) is 17.2. The Morgan fingerprint density at radius 3 is 2.28 bits per heavy atom. The third kappa shape index (κ3) is 5.11. The molecule has 0 spiro atoms. The van der Waals surface area contributed by atoms with Gasteiger partial charge in [0.15, 0.2) is 5.69 Å². The first-order valence-corrected chi connectivity index (χ1v) is 12.8. The quantitative estimate of drug-likeness (QED) is 0.443. The van der Waals surface area contributed by atoms with Crippen LogP contribution in [-0.2, 0) is 4.79 Å². The second-order valence-electron chi connectivity index (χ2n) is 9.41. The molecule has 0 saturated heterocycles. The van der Waals surface area contributed by atoms with Gasteiger partial charge in [-0.3, -0.25) is 19.3 Å². The minimum Gasteiger partial charge on any atom is -0.395 e. The van der Waals surface area contributed by atoms with Gasteiger partial charge in [0, 0.05) is 11.7 Å². The molecule has 1 aliphatic rings. The highest BCUT2D eigenvalue weighted by Crippen LogP contribution is 2.35. The van der Waals surface area contributed by atoms with E-state index >= 15 is 0 Å². The molecule has 1 heterocycles. The summed E-state index contributed by atoms with van der Waals surface area (Å²) < 4.78 is 4.02. The highest BCUT2D eigenvalue weighted by molar-refractivity contribution is 7.09. The van der Waals surface area contributed by atoms with Crippen LogP contribution in [0.15, 0.2) is 42.5 Å². The van der Waals surface area contributed by atoms with E-state index in [-0.39, 0.29) is 28.2 Å². The maximum Gasteiger partial charge on any atom is 0.273 e. The van der Waals surface area contributed by atoms with Crippen molar-refractivity contribution in [2.75, 3.05) is 10.6 Å². The summed E-state index contributed by atoms with van der Waals surface area (Å²) in [6.45, 7) is 5.78. The average Bonchev–Trinajstić information content (AvgIpc) is 3.49. The van der Waals surface area contributed by atoms with E-state index in [4.69, 9.17) is 11.5 Å². The lowest BCUT2D eigenvalue weighted by Crippen LogP contribution is -2.46. The topological polar surface area (TPSA) is 131 Å². The Bertz CT molecular complexity index is 1300. The van der Waals surface area contributed by atoms with Gasteiger partial charge in [-0.1, -0.05) is 54.8 Å². The molecule has 5 N–H and O–H groups in total. The molecule has 9 heteroatoms. The SMILES string of the molecule is Cc1ccc(C(C(=O)NC2CCCC2)N(C(=O)c2snc(C(N)=O)c2N)c2cc(C)ccc2C)cc1. The van der Waals surface area contributed by atoms with Crippen molar-refractivity contribution in [3.8, 4) is 0 Å². The second-order valence-corrected chi connectivity index (χ2v) is 10.2. The predicted molar refractivity (Wildman–Crippen MR) is 142 cm³/mol. The Labute approximate surface area is 214 Å². The van der Waals surface area contributed by atoms with Crippen molar-refractivity contribution in [2.45, 2.75) is 58.5 Å². The summed E-state index contributed by atoms with van der Waals surface area (Å²) in [6.07, 6.45) is 3.95. The number of benzene rings is 2. The highest BCUT2D eigenvalue weighted by Gasteiger charge is 2.37. The Balaban J connectivity index is 1.89. The molecule has 1 atom stereocenters. The Morgan fingerprint density at radius 1 is 1.03 bits per heavy atom. The number of anilines is 2. The number of nitrogen functional groups attached to an aromatic ring is 1. The fraction of sp³-hybridized carbons (Fsp3) is 0.333. The van der Waals surface area contributed by atoms with Crippen LogP contribution in [0.3, 0.4) is 0 Å². The molecule has 1 aromatic heterocycles. The zero-order chi connectivity index (χ0) is 26.0. The minimum atomic E-state index is -0.960. The van der Waals surface area contributed by atoms with Crippen LogP contribution >= 0.6 is 11.5 Å². The molecule has 8 nitrogen and oxygen atoms in total. The van der Waals surface area contributed by atoms with Crippen LogP contribution in [0.5, 0.6) is 0 Å². The molecular weight excluding hydrogens is 474 g/mol. The fourth-order valence-corrected chi connectivity index (χ4v) is 5.34. The largest absolute Gasteiger partial charge is 0.395 e. The van der Waals surface area contributed by atoms with Gasteiger partial charge < -0.3 is 16.8 Å². The molecule has 0 bridgehead atoms. The second kappa shape index (κ2) is 10.5. The van der Waals surface area contributed by atoms with Crippen molar-refractivity contribution in [1.82, 2.24) is 9.69 Å². The lowest BCUT2D eigenvalue weighted by Gasteiger charge is -2.33. The third-order valence-corrected chi connectivity index (χ3v) is 7.45. The molecule has 36 heavy (non-hydrogen) atoms. The molecule has 1 fully saturated rings. The zero-order valence-electron chi connectivity index (χ0n) is 20.7. The number of nitrogens with one attached hydrogen (secondary N) is 1. The molecule has 1 saturated carbocycles. The first kappa shape index (κ1) is 25.4. The number of rotatable bonds is 7. The molecule has 3 aromatic rings. The number of carbonyl (C=O) groups excluding carboxylic acids is 3. The smallest absolute Gasteiger partial charge is 0.273 e. The van der Waals surface area contributed by atoms with E-state index < -0.39 is 17.9 Å². The average molecular weight is 506 g/mol. The van der Waals surface area contributed by atoms with E-state index in [2.05, 4.69) is 9.69 Å². The number of amides is 3. The Kier molecular flexibility index (Phi) is 7.40. The van der Waals surface area contributed by atoms with Gasteiger partial charge in [-0.15, -0.1) is 0 Å². The fourth-order valence-electron chi connectivity index (χ4n) is 4.60. The van der Waals surface area contributed by atoms with E-state index in [9.17, 15) is 14.4 Å². The van der Waals surface area contributed by atoms with E-state index in [0.717, 1.165) is 53.9 Å². The van der Waals surface area contributed by atoms with E-state index in [1.165, 1.54) is 4.90 Å². The van der Waals surface area contributed by atoms with Gasteiger partial charge in [0.05, 0.1) is 5.69 Å². The minimum absolute atomic E-state index is 0.0653. The lowest BCUT2D eigenvalue weighted by atomic mass is 9.99. The van der Waals surface area contributed by atoms with Crippen LogP contribution in [0.25, 0.3) is 0 Å². The number of aromatic nitrogens is 1. The van der Waals surface area contributed by atoms with E-state index in [0.29, 0.717) is 11.3 Å². The summed E-state index contributed by atoms with van der Waals surface area (Å²) in [6, 6.07) is 12.4. The van der Waals surface area contributed by atoms with Gasteiger partial charge in [-0.05, 0) is 67.9 Å². The first-order valence-electron chi connectivity index (χ1n) is 12.0. The van der Waals surface area contributed by atoms with Gasteiger partial charge in [-0.25, -0.2) is 0 Å². The number of hydrogen-bond donors (Lipinski definition) is 3. The lowest BCUT2D eigenvalue weighted by molar-refractivity contribution is -0.123. The van der Waals surface area contributed by atoms with Crippen LogP contribution in [-0.4, -0.2) is 28.1 Å². The van der Waals surface area contributed by atoms with Gasteiger partial charge >= 0.3 is 0 Å². The van der Waals surface area contributed by atoms with Crippen LogP contribution < -0.4 is 21.7 Å². The van der Waals surface area contributed by atoms with Crippen molar-refractivity contribution >= 4 is 40.6 Å². The van der Waals surface area contributed by atoms with Crippen molar-refractivity contribution in [3.63, 3.8) is 0 Å². The molecule has 188 valence electrons. The molecule has 1 aliphatic carbocycles. The summed E-state index contributed by atoms with van der Waals surface area (Å²) >= 11 is 0.807. The van der Waals surface area contributed by atoms with Crippen molar-refractivity contribution in [1.29, 1.82) is 0 Å². The molecule has 2 aromatic carbocycles. The highest BCUT2D eigenvalue weighted by atomic mass is 32.1. The Morgan fingerprint density at radius 2 is 1.67 bits per heavy atom. The maximum absolute atomic E-state index is 14.2. The predicted octanol–water partition coefficient (Wildman–Crippen LogP) is 4.20. The number of aryl methyl sites for hydroxylation is 3. The molecular formula is C27H31N5O3S. The number of nitrogens with zero attached hydrogens (tertiary/aromatic N) is 2. The van der Waals surface area contributed by atoms with Crippen molar-refractivity contribution in [3.05, 3.63) is 75.3 Å². The van der Waals surface area contributed by atoms with E-state index in [1.807, 2.05) is 63.2 Å². The molecule has 3 amide bonds. The summed E-state index contributed by atoms with van der Waals surface area (Å²) in [7, 11) is 0. The Hall–Kier alpha value is -3.72. The molecule has 0 radical (unpaired) electrons. The summed E-state index contributed by atoms with van der Waals surface area (Å²) in [5.74, 6) is -1.59. The summed E-state index contributed by atoms with van der Waals surface area (Å²) in [4.78, 5) is 41.4. The van der Waals surface area contributed by atoms with Gasteiger partial charge in [0.2, 0.25) is 5.91 Å². The number of hydrogen-bond acceptors (Lipinski definition) is 6. The van der Waals surface area contributed by atoms with Crippen LogP contribution in [0, 0.1) is 20.8 Å². The van der Waals surface area contributed by atoms with Crippen LogP contribution in [0.1, 0.15) is 74.1 Å². The van der Waals surface area contributed by atoms with Gasteiger partial charge in [-0.2, -0.15) is 4.37 Å². The standard InChI is InChI=1S/C27H31N5O3S/c1-15-9-12-18(13-10-15)23(26(34)30-19-6-4-5-7-19)32(20-14-16(2)8-11-17(20)3)27(35)24-21(28)22(25(29)33)31-36-24/h8-14,19,23H,4-7,28H2,1-3H3,(H2,29,33)(H,30,34). The monoisotopic (exact) mass is 505 g/mol. The van der Waals surface area contributed by atoms with E-state index in [1.54, 1.807) is 0 Å². The molecule has 1 unspecified atom stereocenters. The summed E-state index contributed by atoms with van der Waals surface area (Å²) in [5.41, 5.74) is 15.4. The molecule has 0 aliphatic heterocycles. The number of carbonyl (C=O) groups is 3. The number of nitrogens with two attached hydrogens (primary N) is 2. The van der Waals surface area contributed by atoms with Crippen LogP contribution in [0.4, 0.5) is 11.4 Å². The number of primary amides is 1. The van der Waals surface area contributed by atoms with Gasteiger partial charge in [0.1, 0.15) is 10.9 Å². The maximum atomic E-state index is 14.2. The zero-order valence-corrected chi connectivity index (χ0v) is 21.5. The van der Waals surface area contributed by atoms with Crippen molar-refractivity contribution < 1.29 is 14.4 Å². The van der Waals surface area contributed by atoms with Gasteiger partial charge in [0.25, 0.3) is 11.8 Å². The molecule has 4 rings (SSSR count). The normalized spacial score (nSPS) is 14.4. The third-order valence-electron chi connectivity index (χ3n) is 6.60. The van der Waals surface area contributed by atoms with Crippen molar-refractivity contribution in [2.24, 2.45) is 5.73 Å². The summed E-state index contributed by atoms with van der Waals surface area (Å²) in [5, 5.41) is 3.17.